The molecule has 0 radical (unpaired) electrons. The van der Waals surface area contributed by atoms with Crippen molar-refractivity contribution in [2.24, 2.45) is 0 Å². The highest BCUT2D eigenvalue weighted by Crippen LogP contribution is 2.28. The lowest BCUT2D eigenvalue weighted by molar-refractivity contribution is 1.08. The lowest BCUT2D eigenvalue weighted by atomic mass is 10.1. The summed E-state index contributed by atoms with van der Waals surface area (Å²) in [5.41, 5.74) is 15.1. The quantitative estimate of drug-likeness (QED) is 0.244. The first-order valence-electron chi connectivity index (χ1n) is 10.6. The number of rotatable bonds is 1. The van der Waals surface area contributed by atoms with Crippen LogP contribution in [0.3, 0.4) is 0 Å². The number of anilines is 3. The molecule has 7 nitrogen and oxygen atoms in total. The average molecular weight is 468 g/mol. The summed E-state index contributed by atoms with van der Waals surface area (Å²) in [6, 6.07) is 23.5. The zero-order chi connectivity index (χ0) is 23.8. The van der Waals surface area contributed by atoms with E-state index < -0.39 is 0 Å². The van der Waals surface area contributed by atoms with Crippen LogP contribution in [-0.2, 0) is 0 Å². The Balaban J connectivity index is 0.000000142. The summed E-state index contributed by atoms with van der Waals surface area (Å²) < 4.78 is 0. The van der Waals surface area contributed by atoms with E-state index in [1.165, 1.54) is 0 Å². The third-order valence-electron chi connectivity index (χ3n) is 5.56. The Morgan fingerprint density at radius 3 is 1.65 bits per heavy atom. The van der Waals surface area contributed by atoms with E-state index in [9.17, 15) is 0 Å². The van der Waals surface area contributed by atoms with E-state index in [0.29, 0.717) is 22.3 Å². The molecule has 4 heterocycles. The minimum absolute atomic E-state index is 0.413. The van der Waals surface area contributed by atoms with Crippen molar-refractivity contribution in [3.05, 3.63) is 77.9 Å². The number of para-hydroxylation sites is 2. The summed E-state index contributed by atoms with van der Waals surface area (Å²) in [5, 5.41) is 4.57. The Labute approximate surface area is 201 Å². The summed E-state index contributed by atoms with van der Waals surface area (Å²) in [6.45, 7) is 0. The summed E-state index contributed by atoms with van der Waals surface area (Å²) >= 11 is 5.85. The molecule has 8 heteroatoms. The van der Waals surface area contributed by atoms with Crippen LogP contribution in [0.15, 0.2) is 72.8 Å². The lowest BCUT2D eigenvalue weighted by Gasteiger charge is -2.13. The molecule has 0 aliphatic carbocycles. The number of aromatic nitrogens is 4. The number of benzene rings is 2. The topological polar surface area (TPSA) is 107 Å². The third-order valence-corrected chi connectivity index (χ3v) is 5.77. The Morgan fingerprint density at radius 2 is 1.09 bits per heavy atom. The molecule has 6 aromatic rings. The molecule has 4 aromatic heterocycles. The van der Waals surface area contributed by atoms with Gasteiger partial charge in [0.05, 0.1) is 11.0 Å². The molecule has 34 heavy (non-hydrogen) atoms. The summed E-state index contributed by atoms with van der Waals surface area (Å²) in [6.07, 6.45) is 0. The zero-order valence-electron chi connectivity index (χ0n) is 18.7. The van der Waals surface area contributed by atoms with Crippen LogP contribution < -0.4 is 16.4 Å². The molecule has 0 spiro atoms. The van der Waals surface area contributed by atoms with Crippen molar-refractivity contribution < 1.29 is 0 Å². The van der Waals surface area contributed by atoms with E-state index in [-0.39, 0.29) is 0 Å². The van der Waals surface area contributed by atoms with Gasteiger partial charge >= 0.3 is 0 Å². The van der Waals surface area contributed by atoms with Crippen LogP contribution in [0.1, 0.15) is 0 Å². The standard InChI is InChI=1S/C14H14N4.C12H8ClN3/c1-18(2)12-8-7-10-9-5-3-4-6-11(9)16-14(15)13(10)17-12;13-10-6-5-8-7-3-1-2-4-9(7)15-12(14)11(8)16-10/h3-8H,1-2H3,(H2,15,16);1-6H,(H2,14,15). The molecular weight excluding hydrogens is 446 g/mol. The Morgan fingerprint density at radius 1 is 0.588 bits per heavy atom. The molecule has 6 rings (SSSR count). The maximum Gasteiger partial charge on any atom is 0.150 e. The minimum atomic E-state index is 0.413. The van der Waals surface area contributed by atoms with E-state index >= 15 is 0 Å². The van der Waals surface area contributed by atoms with Gasteiger partial charge < -0.3 is 16.4 Å². The van der Waals surface area contributed by atoms with E-state index in [1.54, 1.807) is 6.07 Å². The first kappa shape index (κ1) is 21.6. The smallest absolute Gasteiger partial charge is 0.150 e. The van der Waals surface area contributed by atoms with Crippen LogP contribution in [-0.4, -0.2) is 34.0 Å². The number of hydrogen-bond acceptors (Lipinski definition) is 7. The lowest BCUT2D eigenvalue weighted by Crippen LogP contribution is -2.10. The van der Waals surface area contributed by atoms with Crippen LogP contribution in [0.2, 0.25) is 5.15 Å². The maximum atomic E-state index is 6.00. The molecule has 0 unspecified atom stereocenters. The molecule has 2 aromatic carbocycles. The van der Waals surface area contributed by atoms with Crippen LogP contribution in [0.4, 0.5) is 17.5 Å². The molecule has 0 amide bonds. The van der Waals surface area contributed by atoms with Gasteiger partial charge in [0.25, 0.3) is 0 Å². The number of halogens is 1. The van der Waals surface area contributed by atoms with Gasteiger partial charge in [-0.2, -0.15) is 0 Å². The molecule has 0 saturated heterocycles. The van der Waals surface area contributed by atoms with Gasteiger partial charge in [0, 0.05) is 35.6 Å². The van der Waals surface area contributed by atoms with Crippen molar-refractivity contribution in [3.8, 4) is 0 Å². The zero-order valence-corrected chi connectivity index (χ0v) is 19.5. The fourth-order valence-electron chi connectivity index (χ4n) is 3.92. The number of pyridine rings is 4. The molecule has 0 atom stereocenters. The molecule has 0 aliphatic heterocycles. The third kappa shape index (κ3) is 3.86. The second kappa shape index (κ2) is 8.61. The fourth-order valence-corrected chi connectivity index (χ4v) is 4.07. The molecule has 0 fully saturated rings. The number of fused-ring (bicyclic) bond motifs is 6. The first-order chi connectivity index (χ1) is 16.4. The summed E-state index contributed by atoms with van der Waals surface area (Å²) in [4.78, 5) is 19.4. The first-order valence-corrected chi connectivity index (χ1v) is 11.0. The van der Waals surface area contributed by atoms with Gasteiger partial charge in [0.1, 0.15) is 22.0 Å². The van der Waals surface area contributed by atoms with Gasteiger partial charge in [-0.3, -0.25) is 0 Å². The van der Waals surface area contributed by atoms with Gasteiger partial charge in [0.15, 0.2) is 11.6 Å². The minimum Gasteiger partial charge on any atom is -0.382 e. The van der Waals surface area contributed by atoms with Crippen molar-refractivity contribution in [3.63, 3.8) is 0 Å². The summed E-state index contributed by atoms with van der Waals surface area (Å²) in [5.74, 6) is 1.77. The normalized spacial score (nSPS) is 11.0. The predicted molar refractivity (Wildman–Crippen MR) is 142 cm³/mol. The van der Waals surface area contributed by atoms with Crippen LogP contribution in [0.5, 0.6) is 0 Å². The van der Waals surface area contributed by atoms with E-state index in [1.807, 2.05) is 79.7 Å². The number of nitrogens with zero attached hydrogens (tertiary/aromatic N) is 5. The highest BCUT2D eigenvalue weighted by Gasteiger charge is 2.09. The Bertz CT molecular complexity index is 1680. The molecular formula is C26H22ClN7. The van der Waals surface area contributed by atoms with Crippen molar-refractivity contribution in [1.82, 2.24) is 19.9 Å². The van der Waals surface area contributed by atoms with Crippen LogP contribution in [0, 0.1) is 0 Å². The van der Waals surface area contributed by atoms with Crippen molar-refractivity contribution in [2.75, 3.05) is 30.5 Å². The van der Waals surface area contributed by atoms with Crippen LogP contribution >= 0.6 is 11.6 Å². The van der Waals surface area contributed by atoms with Crippen molar-refractivity contribution in [1.29, 1.82) is 0 Å². The molecule has 0 aliphatic rings. The second-order valence-electron chi connectivity index (χ2n) is 8.02. The van der Waals surface area contributed by atoms with E-state index in [2.05, 4.69) is 26.0 Å². The largest absolute Gasteiger partial charge is 0.382 e. The van der Waals surface area contributed by atoms with Gasteiger partial charge in [-0.25, -0.2) is 19.9 Å². The number of nitrogen functional groups attached to an aromatic ring is 2. The SMILES string of the molecule is CN(C)c1ccc2c(n1)c(N)nc1ccccc12.Nc1nc2ccccc2c2ccc(Cl)nc12. The van der Waals surface area contributed by atoms with Gasteiger partial charge in [0.2, 0.25) is 0 Å². The maximum absolute atomic E-state index is 6.00. The van der Waals surface area contributed by atoms with Gasteiger partial charge in [-0.1, -0.05) is 48.0 Å². The highest BCUT2D eigenvalue weighted by molar-refractivity contribution is 6.30. The molecule has 4 N–H and O–H groups in total. The number of hydrogen-bond donors (Lipinski definition) is 2. The number of nitrogens with two attached hydrogens (primary N) is 2. The van der Waals surface area contributed by atoms with E-state index in [4.69, 9.17) is 23.1 Å². The fraction of sp³-hybridized carbons (Fsp3) is 0.0769. The molecule has 168 valence electrons. The monoisotopic (exact) mass is 467 g/mol. The summed E-state index contributed by atoms with van der Waals surface area (Å²) in [7, 11) is 3.91. The van der Waals surface area contributed by atoms with Crippen LogP contribution in [0.25, 0.3) is 43.6 Å². The van der Waals surface area contributed by atoms with Crippen molar-refractivity contribution >= 4 is 72.7 Å². The molecule has 0 bridgehead atoms. The second-order valence-corrected chi connectivity index (χ2v) is 8.41. The Hall–Kier alpha value is -4.23. The Kier molecular flexibility index (Phi) is 5.47. The predicted octanol–water partition coefficient (Wildman–Crippen LogP) is 5.45. The van der Waals surface area contributed by atoms with E-state index in [0.717, 1.165) is 43.9 Å². The van der Waals surface area contributed by atoms with Gasteiger partial charge in [-0.15, -0.1) is 0 Å². The highest BCUT2D eigenvalue weighted by atomic mass is 35.5. The van der Waals surface area contributed by atoms with Gasteiger partial charge in [-0.05, 0) is 36.4 Å². The van der Waals surface area contributed by atoms with Crippen molar-refractivity contribution in [2.45, 2.75) is 0 Å². The molecule has 0 saturated carbocycles. The average Bonchev–Trinajstić information content (AvgIpc) is 2.84.